The lowest BCUT2D eigenvalue weighted by Crippen LogP contribution is -1.97. The van der Waals surface area contributed by atoms with Gasteiger partial charge in [0, 0.05) is 18.8 Å². The zero-order valence-electron chi connectivity index (χ0n) is 6.83. The van der Waals surface area contributed by atoms with Crippen molar-refractivity contribution in [3.05, 3.63) is 30.1 Å². The lowest BCUT2D eigenvalue weighted by molar-refractivity contribution is -0.117. The third kappa shape index (κ3) is 2.62. The first-order valence-corrected chi connectivity index (χ1v) is 4.17. The highest BCUT2D eigenvalue weighted by Gasteiger charge is 2.09. The largest absolute Gasteiger partial charge is 0.300 e. The predicted octanol–water partition coefficient (Wildman–Crippen LogP) is 2.34. The Hall–Kier alpha value is -0.890. The van der Waals surface area contributed by atoms with Gasteiger partial charge in [0.25, 0.3) is 0 Å². The summed E-state index contributed by atoms with van der Waals surface area (Å²) >= 11 is 5.94. The van der Waals surface area contributed by atoms with Gasteiger partial charge in [0.15, 0.2) is 0 Å². The number of alkyl halides is 1. The fraction of sp³-hybridized carbons (Fsp3) is 0.333. The van der Waals surface area contributed by atoms with Gasteiger partial charge in [-0.1, -0.05) is 6.07 Å². The predicted molar refractivity (Wildman–Crippen MR) is 48.1 cm³/mol. The van der Waals surface area contributed by atoms with Crippen molar-refractivity contribution in [2.24, 2.45) is 0 Å². The average molecular weight is 184 g/mol. The summed E-state index contributed by atoms with van der Waals surface area (Å²) < 4.78 is 0. The van der Waals surface area contributed by atoms with Crippen LogP contribution in [0.25, 0.3) is 0 Å². The van der Waals surface area contributed by atoms with Gasteiger partial charge in [0.05, 0.1) is 5.38 Å². The molecule has 1 aromatic rings. The highest BCUT2D eigenvalue weighted by molar-refractivity contribution is 6.21. The Bertz CT molecular complexity index is 260. The van der Waals surface area contributed by atoms with Crippen LogP contribution < -0.4 is 0 Å². The maximum Gasteiger partial charge on any atom is 0.131 e. The van der Waals surface area contributed by atoms with E-state index in [2.05, 4.69) is 4.98 Å². The van der Waals surface area contributed by atoms with Crippen LogP contribution in [0.1, 0.15) is 24.3 Å². The fourth-order valence-corrected chi connectivity index (χ4v) is 1.28. The number of halogens is 1. The molecule has 0 aliphatic heterocycles. The lowest BCUT2D eigenvalue weighted by Gasteiger charge is -2.05. The van der Waals surface area contributed by atoms with Crippen LogP contribution in [0, 0.1) is 0 Å². The Labute approximate surface area is 76.6 Å². The van der Waals surface area contributed by atoms with E-state index in [0.717, 1.165) is 5.56 Å². The lowest BCUT2D eigenvalue weighted by atomic mass is 10.1. The molecule has 0 aliphatic rings. The summed E-state index contributed by atoms with van der Waals surface area (Å²) in [6.45, 7) is 1.53. The molecule has 1 rings (SSSR count). The van der Waals surface area contributed by atoms with Crippen molar-refractivity contribution in [3.8, 4) is 0 Å². The molecule has 0 saturated carbocycles. The summed E-state index contributed by atoms with van der Waals surface area (Å²) in [6, 6.07) is 3.68. The van der Waals surface area contributed by atoms with Crippen molar-refractivity contribution in [1.29, 1.82) is 0 Å². The molecule has 0 aromatic carbocycles. The Morgan fingerprint density at radius 3 is 3.00 bits per heavy atom. The van der Waals surface area contributed by atoms with E-state index in [1.807, 2.05) is 12.1 Å². The van der Waals surface area contributed by atoms with Crippen LogP contribution in [-0.4, -0.2) is 10.8 Å². The van der Waals surface area contributed by atoms with Crippen molar-refractivity contribution in [2.45, 2.75) is 18.7 Å². The molecule has 0 bridgehead atoms. The third-order valence-corrected chi connectivity index (χ3v) is 1.92. The Balaban J connectivity index is 2.65. The molecule has 0 spiro atoms. The molecule has 1 unspecified atom stereocenters. The molecule has 0 fully saturated rings. The Morgan fingerprint density at radius 2 is 2.50 bits per heavy atom. The van der Waals surface area contributed by atoms with Crippen molar-refractivity contribution >= 4 is 17.4 Å². The maximum atomic E-state index is 10.7. The van der Waals surface area contributed by atoms with Crippen LogP contribution in [0.15, 0.2) is 24.5 Å². The number of carbonyl (C=O) groups is 1. The second kappa shape index (κ2) is 4.21. The monoisotopic (exact) mass is 183 g/mol. The zero-order chi connectivity index (χ0) is 8.97. The Morgan fingerprint density at radius 1 is 1.75 bits per heavy atom. The molecule has 1 heterocycles. The van der Waals surface area contributed by atoms with Gasteiger partial charge in [-0.2, -0.15) is 0 Å². The van der Waals surface area contributed by atoms with E-state index in [1.54, 1.807) is 12.4 Å². The summed E-state index contributed by atoms with van der Waals surface area (Å²) in [5, 5.41) is -0.240. The van der Waals surface area contributed by atoms with Gasteiger partial charge < -0.3 is 0 Å². The fourth-order valence-electron chi connectivity index (χ4n) is 0.931. The highest BCUT2D eigenvalue weighted by atomic mass is 35.5. The van der Waals surface area contributed by atoms with Crippen molar-refractivity contribution < 1.29 is 4.79 Å². The molecule has 12 heavy (non-hydrogen) atoms. The van der Waals surface area contributed by atoms with Gasteiger partial charge in [-0.15, -0.1) is 11.6 Å². The quantitative estimate of drug-likeness (QED) is 0.674. The normalized spacial score (nSPS) is 12.5. The first-order valence-electron chi connectivity index (χ1n) is 3.73. The number of nitrogens with zero attached hydrogens (tertiary/aromatic N) is 1. The third-order valence-electron chi connectivity index (χ3n) is 1.51. The maximum absolute atomic E-state index is 10.7. The summed E-state index contributed by atoms with van der Waals surface area (Å²) in [7, 11) is 0. The molecule has 64 valence electrons. The molecule has 1 aromatic heterocycles. The second-order valence-corrected chi connectivity index (χ2v) is 3.19. The van der Waals surface area contributed by atoms with Crippen LogP contribution in [0.3, 0.4) is 0 Å². The van der Waals surface area contributed by atoms with E-state index >= 15 is 0 Å². The molecular formula is C9H10ClNO. The second-order valence-electron chi connectivity index (χ2n) is 2.66. The van der Waals surface area contributed by atoms with Gasteiger partial charge in [0.1, 0.15) is 5.78 Å². The molecule has 2 nitrogen and oxygen atoms in total. The molecule has 0 radical (unpaired) electrons. The number of Topliss-reactive ketones (excluding diaryl/α,β-unsaturated/α-hetero) is 1. The molecular weight excluding hydrogens is 174 g/mol. The van der Waals surface area contributed by atoms with Crippen LogP contribution in [0.5, 0.6) is 0 Å². The number of hydrogen-bond acceptors (Lipinski definition) is 2. The zero-order valence-corrected chi connectivity index (χ0v) is 7.58. The van der Waals surface area contributed by atoms with E-state index in [1.165, 1.54) is 6.92 Å². The summed E-state index contributed by atoms with van der Waals surface area (Å²) in [5.41, 5.74) is 0.898. The number of hydrogen-bond donors (Lipinski definition) is 0. The van der Waals surface area contributed by atoms with Gasteiger partial charge >= 0.3 is 0 Å². The van der Waals surface area contributed by atoms with E-state index in [0.29, 0.717) is 6.42 Å². The van der Waals surface area contributed by atoms with Crippen LogP contribution >= 0.6 is 11.6 Å². The number of aromatic nitrogens is 1. The van der Waals surface area contributed by atoms with Gasteiger partial charge in [-0.3, -0.25) is 9.78 Å². The minimum atomic E-state index is -0.240. The molecule has 3 heteroatoms. The molecule has 0 aliphatic carbocycles. The van der Waals surface area contributed by atoms with E-state index in [4.69, 9.17) is 11.6 Å². The molecule has 0 amide bonds. The first kappa shape index (κ1) is 9.20. The first-order chi connectivity index (χ1) is 5.70. The van der Waals surface area contributed by atoms with E-state index < -0.39 is 0 Å². The van der Waals surface area contributed by atoms with Crippen LogP contribution in [0.4, 0.5) is 0 Å². The van der Waals surface area contributed by atoms with Gasteiger partial charge in [-0.05, 0) is 18.6 Å². The average Bonchev–Trinajstić information content (AvgIpc) is 2.05. The number of carbonyl (C=O) groups excluding carboxylic acids is 1. The smallest absolute Gasteiger partial charge is 0.131 e. The number of ketones is 1. The molecule has 0 saturated heterocycles. The SMILES string of the molecule is CC(=O)CC(Cl)c1cccnc1. The van der Waals surface area contributed by atoms with Crippen molar-refractivity contribution in [3.63, 3.8) is 0 Å². The molecule has 1 atom stereocenters. The standard InChI is InChI=1S/C9H10ClNO/c1-7(12)5-9(10)8-3-2-4-11-6-8/h2-4,6,9H,5H2,1H3. The number of pyridine rings is 1. The summed E-state index contributed by atoms with van der Waals surface area (Å²) in [5.74, 6) is 0.0962. The highest BCUT2D eigenvalue weighted by Crippen LogP contribution is 2.22. The van der Waals surface area contributed by atoms with Crippen LogP contribution in [0.2, 0.25) is 0 Å². The Kier molecular flexibility index (Phi) is 3.23. The van der Waals surface area contributed by atoms with Crippen molar-refractivity contribution in [1.82, 2.24) is 4.98 Å². The topological polar surface area (TPSA) is 30.0 Å². The summed E-state index contributed by atoms with van der Waals surface area (Å²) in [4.78, 5) is 14.6. The van der Waals surface area contributed by atoms with Gasteiger partial charge in [0.2, 0.25) is 0 Å². The minimum Gasteiger partial charge on any atom is -0.300 e. The summed E-state index contributed by atoms with van der Waals surface area (Å²) in [6.07, 6.45) is 3.73. The van der Waals surface area contributed by atoms with Crippen LogP contribution in [-0.2, 0) is 4.79 Å². The van der Waals surface area contributed by atoms with E-state index in [-0.39, 0.29) is 11.2 Å². The van der Waals surface area contributed by atoms with E-state index in [9.17, 15) is 4.79 Å². The number of rotatable bonds is 3. The van der Waals surface area contributed by atoms with Gasteiger partial charge in [-0.25, -0.2) is 0 Å². The molecule has 0 N–H and O–H groups in total. The minimum absolute atomic E-state index is 0.0962. The van der Waals surface area contributed by atoms with Crippen molar-refractivity contribution in [2.75, 3.05) is 0 Å².